The molecule has 2 aromatic heterocycles. The molecule has 0 bridgehead atoms. The number of hydrogen-bond acceptors (Lipinski definition) is 6. The molecule has 0 saturated heterocycles. The minimum Gasteiger partial charge on any atom is -0.463 e. The first-order chi connectivity index (χ1) is 10.8. The molecule has 2 heterocycles. The lowest BCUT2D eigenvalue weighted by Gasteiger charge is -2.02. The first-order valence-corrected chi connectivity index (χ1v) is 7.72. The van der Waals surface area contributed by atoms with E-state index in [1.54, 1.807) is 30.3 Å². The van der Waals surface area contributed by atoms with Crippen LogP contribution in [0.1, 0.15) is 16.9 Å². The molecule has 0 atom stereocenters. The van der Waals surface area contributed by atoms with E-state index < -0.39 is 0 Å². The molecule has 0 aliphatic heterocycles. The van der Waals surface area contributed by atoms with Crippen LogP contribution in [0.2, 0.25) is 0 Å². The quantitative estimate of drug-likeness (QED) is 0.414. The molecule has 0 fully saturated rings. The number of aromatic nitrogens is 3. The van der Waals surface area contributed by atoms with E-state index in [0.29, 0.717) is 16.9 Å². The van der Waals surface area contributed by atoms with Crippen molar-refractivity contribution in [3.63, 3.8) is 0 Å². The Bertz CT molecular complexity index is 751. The van der Waals surface area contributed by atoms with E-state index in [0.717, 1.165) is 5.75 Å². The molecule has 0 amide bonds. The van der Waals surface area contributed by atoms with Crippen LogP contribution < -0.4 is 5.43 Å². The van der Waals surface area contributed by atoms with Gasteiger partial charge in [0.15, 0.2) is 0 Å². The van der Waals surface area contributed by atoms with Crippen LogP contribution in [-0.4, -0.2) is 21.4 Å². The van der Waals surface area contributed by atoms with Crippen molar-refractivity contribution in [1.29, 1.82) is 0 Å². The summed E-state index contributed by atoms with van der Waals surface area (Å²) in [6.07, 6.45) is 3.17. The standard InChI is InChI=1S/C15H15N5OS/c1-11-5-2-3-6-12(11)10-22-15-17-14(19-20-15)18-16-9-13-7-4-8-21-13/h2-9H,10H2,1H3,(H2,17,18,19,20)/b16-9-. The van der Waals surface area contributed by atoms with E-state index in [9.17, 15) is 0 Å². The largest absolute Gasteiger partial charge is 0.463 e. The van der Waals surface area contributed by atoms with Crippen molar-refractivity contribution < 1.29 is 4.42 Å². The predicted octanol–water partition coefficient (Wildman–Crippen LogP) is 3.44. The topological polar surface area (TPSA) is 79.1 Å². The number of H-pyrrole nitrogens is 1. The third-order valence-corrected chi connectivity index (χ3v) is 3.88. The summed E-state index contributed by atoms with van der Waals surface area (Å²) in [5, 5.41) is 11.6. The Labute approximate surface area is 132 Å². The number of aromatic amines is 1. The lowest BCUT2D eigenvalue weighted by atomic mass is 10.1. The molecule has 0 spiro atoms. The summed E-state index contributed by atoms with van der Waals surface area (Å²) in [7, 11) is 0. The van der Waals surface area contributed by atoms with Gasteiger partial charge in [0.1, 0.15) is 5.76 Å². The van der Waals surface area contributed by atoms with Gasteiger partial charge in [0.05, 0.1) is 12.5 Å². The second-order valence-electron chi connectivity index (χ2n) is 4.57. The molecule has 0 aliphatic rings. The van der Waals surface area contributed by atoms with Gasteiger partial charge in [0, 0.05) is 5.75 Å². The molecule has 3 rings (SSSR count). The van der Waals surface area contributed by atoms with Crippen molar-refractivity contribution in [2.24, 2.45) is 5.10 Å². The Kier molecular flexibility index (Phi) is 4.55. The summed E-state index contributed by atoms with van der Waals surface area (Å²) in [6.45, 7) is 2.10. The number of nitrogens with zero attached hydrogens (tertiary/aromatic N) is 3. The molecular weight excluding hydrogens is 298 g/mol. The van der Waals surface area contributed by atoms with Crippen LogP contribution in [0.5, 0.6) is 0 Å². The maximum absolute atomic E-state index is 5.14. The maximum atomic E-state index is 5.14. The molecule has 112 valence electrons. The Balaban J connectivity index is 1.54. The molecule has 0 aliphatic carbocycles. The monoisotopic (exact) mass is 313 g/mol. The summed E-state index contributed by atoms with van der Waals surface area (Å²) >= 11 is 1.58. The van der Waals surface area contributed by atoms with E-state index >= 15 is 0 Å². The molecule has 0 unspecified atom stereocenters. The third-order valence-electron chi connectivity index (χ3n) is 2.99. The van der Waals surface area contributed by atoms with Gasteiger partial charge in [-0.25, -0.2) is 10.5 Å². The zero-order valence-electron chi connectivity index (χ0n) is 12.0. The minimum absolute atomic E-state index is 0.495. The number of anilines is 1. The first kappa shape index (κ1) is 14.4. The molecule has 0 radical (unpaired) electrons. The average Bonchev–Trinajstić information content (AvgIpc) is 3.18. The van der Waals surface area contributed by atoms with Gasteiger partial charge in [0.2, 0.25) is 11.1 Å². The fourth-order valence-corrected chi connectivity index (χ4v) is 2.67. The maximum Gasteiger partial charge on any atom is 0.240 e. The second kappa shape index (κ2) is 6.95. The van der Waals surface area contributed by atoms with Gasteiger partial charge in [-0.3, -0.25) is 0 Å². The third kappa shape index (κ3) is 3.76. The highest BCUT2D eigenvalue weighted by Gasteiger charge is 2.04. The van der Waals surface area contributed by atoms with E-state index in [1.165, 1.54) is 11.1 Å². The molecule has 6 nitrogen and oxygen atoms in total. The number of nitrogens with one attached hydrogen (secondary N) is 2. The van der Waals surface area contributed by atoms with E-state index in [4.69, 9.17) is 4.42 Å². The SMILES string of the molecule is Cc1ccccc1CSc1n[nH]c(N/N=C\c2ccco2)n1. The Morgan fingerprint density at radius 1 is 1.32 bits per heavy atom. The predicted molar refractivity (Wildman–Crippen MR) is 87.0 cm³/mol. The lowest BCUT2D eigenvalue weighted by molar-refractivity contribution is 0.560. The summed E-state index contributed by atoms with van der Waals surface area (Å²) < 4.78 is 5.14. The smallest absolute Gasteiger partial charge is 0.240 e. The fourth-order valence-electron chi connectivity index (χ4n) is 1.80. The molecule has 2 N–H and O–H groups in total. The summed E-state index contributed by atoms with van der Waals surface area (Å²) in [4.78, 5) is 4.31. The normalized spacial score (nSPS) is 11.1. The van der Waals surface area contributed by atoms with Crippen LogP contribution in [0.3, 0.4) is 0 Å². The van der Waals surface area contributed by atoms with E-state index in [-0.39, 0.29) is 0 Å². The summed E-state index contributed by atoms with van der Waals surface area (Å²) in [5.41, 5.74) is 5.33. The van der Waals surface area contributed by atoms with Crippen LogP contribution >= 0.6 is 11.8 Å². The number of aryl methyl sites for hydroxylation is 1. The number of hydrazone groups is 1. The summed E-state index contributed by atoms with van der Waals surface area (Å²) in [5.74, 6) is 2.00. The molecule has 7 heteroatoms. The van der Waals surface area contributed by atoms with Gasteiger partial charge in [0.25, 0.3) is 0 Å². The van der Waals surface area contributed by atoms with Crippen molar-refractivity contribution in [1.82, 2.24) is 15.2 Å². The zero-order chi connectivity index (χ0) is 15.2. The first-order valence-electron chi connectivity index (χ1n) is 6.73. The van der Waals surface area contributed by atoms with E-state index in [2.05, 4.69) is 44.8 Å². The van der Waals surface area contributed by atoms with Crippen molar-refractivity contribution in [2.45, 2.75) is 17.8 Å². The lowest BCUT2D eigenvalue weighted by Crippen LogP contribution is -1.91. The van der Waals surface area contributed by atoms with Crippen LogP contribution in [0.4, 0.5) is 5.95 Å². The van der Waals surface area contributed by atoms with Crippen LogP contribution in [0.15, 0.2) is 57.3 Å². The molecule has 22 heavy (non-hydrogen) atoms. The van der Waals surface area contributed by atoms with E-state index in [1.807, 2.05) is 18.2 Å². The van der Waals surface area contributed by atoms with Gasteiger partial charge < -0.3 is 4.42 Å². The number of thioether (sulfide) groups is 1. The van der Waals surface area contributed by atoms with Crippen molar-refractivity contribution in [3.8, 4) is 0 Å². The minimum atomic E-state index is 0.495. The van der Waals surface area contributed by atoms with Crippen LogP contribution in [-0.2, 0) is 5.75 Å². The van der Waals surface area contributed by atoms with Gasteiger partial charge in [-0.1, -0.05) is 36.0 Å². The van der Waals surface area contributed by atoms with Gasteiger partial charge >= 0.3 is 0 Å². The van der Waals surface area contributed by atoms with Gasteiger partial charge in [-0.05, 0) is 30.2 Å². The number of benzene rings is 1. The summed E-state index contributed by atoms with van der Waals surface area (Å²) in [6, 6.07) is 11.9. The molecule has 3 aromatic rings. The molecule has 0 saturated carbocycles. The van der Waals surface area contributed by atoms with Crippen LogP contribution in [0.25, 0.3) is 0 Å². The van der Waals surface area contributed by atoms with Crippen molar-refractivity contribution in [3.05, 3.63) is 59.5 Å². The average molecular weight is 313 g/mol. The number of rotatable bonds is 6. The van der Waals surface area contributed by atoms with Crippen LogP contribution in [0, 0.1) is 6.92 Å². The van der Waals surface area contributed by atoms with Gasteiger partial charge in [-0.2, -0.15) is 10.1 Å². The number of hydrogen-bond donors (Lipinski definition) is 2. The second-order valence-corrected chi connectivity index (χ2v) is 5.51. The highest BCUT2D eigenvalue weighted by molar-refractivity contribution is 7.98. The molecule has 1 aromatic carbocycles. The fraction of sp³-hybridized carbons (Fsp3) is 0.133. The van der Waals surface area contributed by atoms with Gasteiger partial charge in [-0.15, -0.1) is 5.10 Å². The van der Waals surface area contributed by atoms with Crippen molar-refractivity contribution in [2.75, 3.05) is 5.43 Å². The Morgan fingerprint density at radius 3 is 3.05 bits per heavy atom. The Morgan fingerprint density at radius 2 is 2.23 bits per heavy atom. The van der Waals surface area contributed by atoms with Crippen molar-refractivity contribution >= 4 is 23.9 Å². The highest BCUT2D eigenvalue weighted by atomic mass is 32.2. The Hall–Kier alpha value is -2.54. The highest BCUT2D eigenvalue weighted by Crippen LogP contribution is 2.21. The number of furan rings is 1. The zero-order valence-corrected chi connectivity index (χ0v) is 12.8. The molecular formula is C15H15N5OS.